The first-order valence-electron chi connectivity index (χ1n) is 1.97. The molecule has 0 bridgehead atoms. The zero-order valence-corrected chi connectivity index (χ0v) is 7.01. The van der Waals surface area contributed by atoms with Gasteiger partial charge in [0, 0.05) is 6.54 Å². The van der Waals surface area contributed by atoms with Crippen LogP contribution in [-0.2, 0) is 21.6 Å². The minimum absolute atomic E-state index is 0. The van der Waals surface area contributed by atoms with E-state index in [1.165, 1.54) is 0 Å². The molecule has 0 aliphatic heterocycles. The van der Waals surface area contributed by atoms with E-state index >= 15 is 0 Å². The topological polar surface area (TPSA) is 130 Å². The third-order valence-corrected chi connectivity index (χ3v) is 0.129. The van der Waals surface area contributed by atoms with Gasteiger partial charge in [-0.25, -0.2) is 0 Å². The number of aliphatic hydroxyl groups excluding tert-OH is 1. The van der Waals surface area contributed by atoms with Gasteiger partial charge in [-0.2, -0.15) is 0 Å². The quantitative estimate of drug-likeness (QED) is 0.309. The smallest absolute Gasteiger partial charge is 0.790 e. The molecule has 6 nitrogen and oxygen atoms in total. The first kappa shape index (κ1) is 16.9. The van der Waals surface area contributed by atoms with E-state index in [0.717, 1.165) is 0 Å². The van der Waals surface area contributed by atoms with Crippen molar-refractivity contribution in [3.8, 4) is 0 Å². The summed E-state index contributed by atoms with van der Waals surface area (Å²) >= 11 is 0. The third kappa shape index (κ3) is 203. The molecule has 0 aliphatic carbocycles. The van der Waals surface area contributed by atoms with Gasteiger partial charge in [0.2, 0.25) is 0 Å². The maximum Gasteiger partial charge on any atom is 2.00 e. The van der Waals surface area contributed by atoms with Crippen molar-refractivity contribution in [1.29, 1.82) is 0 Å². The monoisotopic (exact) mass is 212 g/mol. The summed E-state index contributed by atoms with van der Waals surface area (Å²) in [5.74, 6) is 0. The Kier molecular flexibility index (Phi) is 16.1. The van der Waals surface area contributed by atoms with Crippen molar-refractivity contribution in [2.75, 3.05) is 13.2 Å². The zero-order valence-electron chi connectivity index (χ0n) is 4.94. The molecule has 0 aliphatic rings. The van der Waals surface area contributed by atoms with E-state index in [2.05, 4.69) is 0 Å². The maximum absolute atomic E-state index is 8.66. The van der Waals surface area contributed by atoms with E-state index in [9.17, 15) is 0 Å². The van der Waals surface area contributed by atoms with Crippen LogP contribution in [0.15, 0.2) is 0 Å². The molecular formula is C2H8MnNO5P. The van der Waals surface area contributed by atoms with Crippen LogP contribution in [0, 0.1) is 0 Å². The van der Waals surface area contributed by atoms with Gasteiger partial charge in [-0.3, -0.25) is 0 Å². The predicted octanol–water partition coefficient (Wildman–Crippen LogP) is -3.26. The largest absolute Gasteiger partial charge is 2.00 e. The summed E-state index contributed by atoms with van der Waals surface area (Å²) in [6.07, 6.45) is 0. The van der Waals surface area contributed by atoms with E-state index in [1.807, 2.05) is 0 Å². The average Bonchev–Trinajstić information content (AvgIpc) is 1.61. The minimum Gasteiger partial charge on any atom is -0.790 e. The predicted molar refractivity (Wildman–Crippen MR) is 26.0 cm³/mol. The summed E-state index contributed by atoms with van der Waals surface area (Å²) in [5.41, 5.74) is 4.78. The van der Waals surface area contributed by atoms with Gasteiger partial charge in [0.25, 0.3) is 0 Å². The van der Waals surface area contributed by atoms with E-state index in [1.54, 1.807) is 0 Å². The van der Waals surface area contributed by atoms with Crippen molar-refractivity contribution >= 4 is 7.82 Å². The van der Waals surface area contributed by atoms with Gasteiger partial charge >= 0.3 is 17.1 Å². The molecule has 8 heteroatoms. The first-order valence-corrected chi connectivity index (χ1v) is 3.47. The molecule has 0 atom stereocenters. The van der Waals surface area contributed by atoms with Crippen LogP contribution in [0.3, 0.4) is 0 Å². The van der Waals surface area contributed by atoms with Crippen LogP contribution >= 0.6 is 7.82 Å². The van der Waals surface area contributed by atoms with Crippen LogP contribution < -0.4 is 15.5 Å². The van der Waals surface area contributed by atoms with Gasteiger partial charge in [-0.1, -0.05) is 0 Å². The van der Waals surface area contributed by atoms with Crippen molar-refractivity contribution in [2.24, 2.45) is 5.73 Å². The Balaban J connectivity index is -0.0000000910. The first-order chi connectivity index (χ1) is 3.91. The fourth-order valence-electron chi connectivity index (χ4n) is 0. The Hall–Kier alpha value is 0.549. The fourth-order valence-corrected chi connectivity index (χ4v) is 0. The molecule has 0 aromatic rings. The van der Waals surface area contributed by atoms with Crippen molar-refractivity contribution < 1.29 is 41.4 Å². The summed E-state index contributed by atoms with van der Waals surface area (Å²) in [6.45, 7) is 0.472. The van der Waals surface area contributed by atoms with Crippen LogP contribution in [0.25, 0.3) is 0 Å². The normalized spacial score (nSPS) is 8.90. The van der Waals surface area contributed by atoms with Crippen LogP contribution in [0.5, 0.6) is 0 Å². The summed E-state index contributed by atoms with van der Waals surface area (Å²) < 4.78 is 8.66. The van der Waals surface area contributed by atoms with Gasteiger partial charge in [-0.05, 0) is 0 Å². The van der Waals surface area contributed by atoms with Crippen molar-refractivity contribution in [3.63, 3.8) is 0 Å². The van der Waals surface area contributed by atoms with Crippen LogP contribution in [0.4, 0.5) is 0 Å². The van der Waals surface area contributed by atoms with E-state index in [4.69, 9.17) is 30.1 Å². The second kappa shape index (κ2) is 9.55. The number of aliphatic hydroxyl groups is 1. The van der Waals surface area contributed by atoms with Crippen LogP contribution in [0.2, 0.25) is 0 Å². The molecule has 0 rings (SSSR count). The SMILES string of the molecule is NCCO.O=P([O-])([O-])O.[Mn+2]. The molecule has 0 heterocycles. The van der Waals surface area contributed by atoms with Crippen LogP contribution in [0.1, 0.15) is 0 Å². The summed E-state index contributed by atoms with van der Waals surface area (Å²) in [5, 5.41) is 7.75. The molecular weight excluding hydrogens is 204 g/mol. The Labute approximate surface area is 68.8 Å². The second-order valence-electron chi connectivity index (χ2n) is 0.981. The van der Waals surface area contributed by atoms with Crippen molar-refractivity contribution in [3.05, 3.63) is 0 Å². The number of hydrogen-bond acceptors (Lipinski definition) is 5. The second-order valence-corrected chi connectivity index (χ2v) is 1.92. The van der Waals surface area contributed by atoms with Crippen molar-refractivity contribution in [1.82, 2.24) is 0 Å². The van der Waals surface area contributed by atoms with Gasteiger partial charge in [0.1, 0.15) is 0 Å². The summed E-state index contributed by atoms with van der Waals surface area (Å²) in [4.78, 5) is 24.3. The molecule has 0 saturated carbocycles. The van der Waals surface area contributed by atoms with E-state index < -0.39 is 7.82 Å². The van der Waals surface area contributed by atoms with E-state index in [-0.39, 0.29) is 23.7 Å². The third-order valence-electron chi connectivity index (χ3n) is 0.129. The Morgan fingerprint density at radius 2 is 1.60 bits per heavy atom. The number of hydrogen-bond donors (Lipinski definition) is 3. The van der Waals surface area contributed by atoms with Gasteiger partial charge in [0.15, 0.2) is 0 Å². The molecule has 63 valence electrons. The molecule has 0 amide bonds. The Bertz CT molecular complexity index is 83.4. The van der Waals surface area contributed by atoms with Crippen molar-refractivity contribution in [2.45, 2.75) is 0 Å². The van der Waals surface area contributed by atoms with Gasteiger partial charge < -0.3 is 30.1 Å². The molecule has 4 N–H and O–H groups in total. The molecule has 0 aromatic heterocycles. The molecule has 1 radical (unpaired) electrons. The number of nitrogens with two attached hydrogens (primary N) is 1. The summed E-state index contributed by atoms with van der Waals surface area (Å²) in [6, 6.07) is 0. The molecule has 0 aromatic carbocycles. The number of phosphoric acid groups is 1. The van der Waals surface area contributed by atoms with Gasteiger partial charge in [0.05, 0.1) is 14.4 Å². The minimum atomic E-state index is -5.14. The Morgan fingerprint density at radius 3 is 1.60 bits per heavy atom. The fraction of sp³-hybridized carbons (Fsp3) is 1.00. The molecule has 0 fully saturated rings. The number of rotatable bonds is 1. The molecule has 0 saturated heterocycles. The molecule has 0 spiro atoms. The maximum atomic E-state index is 8.66. The summed E-state index contributed by atoms with van der Waals surface area (Å²) in [7, 11) is -5.14. The average molecular weight is 212 g/mol. The van der Waals surface area contributed by atoms with Crippen LogP contribution in [-0.4, -0.2) is 23.2 Å². The van der Waals surface area contributed by atoms with Gasteiger partial charge in [-0.15, -0.1) is 0 Å². The zero-order chi connectivity index (χ0) is 7.91. The molecule has 10 heavy (non-hydrogen) atoms. The molecule has 0 unspecified atom stereocenters. The standard InChI is InChI=1S/C2H7NO.Mn.H3O4P/c3-1-2-4;;1-5(2,3)4/h4H,1-3H2;;(H3,1,2,3,4)/q;+2;/p-2. The Morgan fingerprint density at radius 1 is 1.50 bits per heavy atom. The van der Waals surface area contributed by atoms with E-state index in [0.29, 0.717) is 6.54 Å².